The molecule has 1 heterocycles. The van der Waals surface area contributed by atoms with E-state index in [2.05, 4.69) is 21.2 Å². The van der Waals surface area contributed by atoms with E-state index in [0.717, 1.165) is 22.2 Å². The van der Waals surface area contributed by atoms with Gasteiger partial charge in [-0.25, -0.2) is 0 Å². The summed E-state index contributed by atoms with van der Waals surface area (Å²) in [4.78, 5) is 2.12. The lowest BCUT2D eigenvalue weighted by Gasteiger charge is -2.20. The first kappa shape index (κ1) is 13.1. The van der Waals surface area contributed by atoms with Crippen LogP contribution in [-0.4, -0.2) is 17.2 Å². The maximum atomic E-state index is 8.97. The zero-order valence-electron chi connectivity index (χ0n) is 11.7. The number of aromatic nitrogens is 2. The van der Waals surface area contributed by atoms with Crippen LogP contribution in [0.15, 0.2) is 54.7 Å². The first-order valence-corrected chi connectivity index (χ1v) is 6.68. The number of rotatable bonds is 3. The Morgan fingerprint density at radius 3 is 2.86 bits per heavy atom. The molecule has 0 spiro atoms. The quantitative estimate of drug-likeness (QED) is 0.736. The molecule has 0 aliphatic heterocycles. The van der Waals surface area contributed by atoms with Crippen molar-refractivity contribution in [1.29, 1.82) is 5.26 Å². The Kier molecular flexibility index (Phi) is 3.48. The summed E-state index contributed by atoms with van der Waals surface area (Å²) >= 11 is 0. The predicted molar refractivity (Wildman–Crippen MR) is 82.8 cm³/mol. The minimum Gasteiger partial charge on any atom is -0.368 e. The van der Waals surface area contributed by atoms with Gasteiger partial charge in [0.1, 0.15) is 0 Å². The lowest BCUT2D eigenvalue weighted by atomic mass is 10.1. The number of nitriles is 1. The molecular formula is C17H14N4. The third kappa shape index (κ3) is 2.67. The third-order valence-electron chi connectivity index (χ3n) is 3.41. The van der Waals surface area contributed by atoms with Gasteiger partial charge in [-0.05, 0) is 23.8 Å². The molecule has 0 N–H and O–H groups in total. The molecule has 4 nitrogen and oxygen atoms in total. The smallest absolute Gasteiger partial charge is 0.0991 e. The van der Waals surface area contributed by atoms with Crippen molar-refractivity contribution in [2.24, 2.45) is 0 Å². The summed E-state index contributed by atoms with van der Waals surface area (Å²) in [5.74, 6) is 0. The molecule has 4 heteroatoms. The predicted octanol–water partition coefficient (Wildman–Crippen LogP) is 3.14. The van der Waals surface area contributed by atoms with E-state index in [1.165, 1.54) is 0 Å². The Morgan fingerprint density at radius 2 is 2.00 bits per heavy atom. The van der Waals surface area contributed by atoms with Crippen LogP contribution < -0.4 is 4.90 Å². The molecule has 0 unspecified atom stereocenters. The average molecular weight is 274 g/mol. The van der Waals surface area contributed by atoms with E-state index in [1.807, 2.05) is 55.6 Å². The molecule has 21 heavy (non-hydrogen) atoms. The number of nitrogens with zero attached hydrogens (tertiary/aromatic N) is 4. The van der Waals surface area contributed by atoms with Crippen molar-refractivity contribution >= 4 is 16.6 Å². The Balaban J connectivity index is 1.94. The molecule has 0 atom stereocenters. The van der Waals surface area contributed by atoms with E-state index in [1.54, 1.807) is 6.20 Å². The molecule has 0 amide bonds. The van der Waals surface area contributed by atoms with Crippen molar-refractivity contribution in [3.05, 3.63) is 65.9 Å². The summed E-state index contributed by atoms with van der Waals surface area (Å²) in [6.07, 6.45) is 1.77. The second-order valence-corrected chi connectivity index (χ2v) is 4.92. The van der Waals surface area contributed by atoms with Crippen LogP contribution in [0.25, 0.3) is 10.9 Å². The molecule has 2 aromatic carbocycles. The highest BCUT2D eigenvalue weighted by molar-refractivity contribution is 5.90. The van der Waals surface area contributed by atoms with Crippen molar-refractivity contribution in [2.45, 2.75) is 6.54 Å². The fourth-order valence-electron chi connectivity index (χ4n) is 2.40. The fourth-order valence-corrected chi connectivity index (χ4v) is 2.40. The standard InChI is InChI=1S/C17H14N4/c1-21(12-14-6-4-5-13(9-14)10-18)17-11-19-20-16-8-3-2-7-15(16)17/h2-9,11H,12H2,1H3. The maximum absolute atomic E-state index is 8.97. The van der Waals surface area contributed by atoms with Gasteiger partial charge in [0.15, 0.2) is 0 Å². The first-order chi connectivity index (χ1) is 10.3. The zero-order valence-corrected chi connectivity index (χ0v) is 11.7. The van der Waals surface area contributed by atoms with Gasteiger partial charge in [-0.2, -0.15) is 15.5 Å². The van der Waals surface area contributed by atoms with Crippen molar-refractivity contribution in [1.82, 2.24) is 10.2 Å². The van der Waals surface area contributed by atoms with Gasteiger partial charge in [0.25, 0.3) is 0 Å². The van der Waals surface area contributed by atoms with Crippen LogP contribution in [-0.2, 0) is 6.54 Å². The fraction of sp³-hybridized carbons (Fsp3) is 0.118. The second kappa shape index (κ2) is 5.59. The Hall–Kier alpha value is -2.93. The van der Waals surface area contributed by atoms with Gasteiger partial charge in [-0.1, -0.05) is 30.3 Å². The molecule has 3 rings (SSSR count). The highest BCUT2D eigenvalue weighted by Crippen LogP contribution is 2.24. The van der Waals surface area contributed by atoms with Gasteiger partial charge in [0.05, 0.1) is 29.0 Å². The van der Waals surface area contributed by atoms with Crippen LogP contribution in [0.4, 0.5) is 5.69 Å². The van der Waals surface area contributed by atoms with E-state index in [4.69, 9.17) is 5.26 Å². The molecule has 0 aliphatic rings. The number of fused-ring (bicyclic) bond motifs is 1. The SMILES string of the molecule is CN(Cc1cccc(C#N)c1)c1cnnc2ccccc12. The Bertz CT molecular complexity index is 815. The van der Waals surface area contributed by atoms with Gasteiger partial charge in [0.2, 0.25) is 0 Å². The van der Waals surface area contributed by atoms with Crippen molar-refractivity contribution < 1.29 is 0 Å². The number of hydrogen-bond acceptors (Lipinski definition) is 4. The summed E-state index contributed by atoms with van der Waals surface area (Å²) in [5.41, 5.74) is 3.69. The zero-order chi connectivity index (χ0) is 14.7. The normalized spacial score (nSPS) is 10.3. The van der Waals surface area contributed by atoms with Crippen LogP contribution in [0.1, 0.15) is 11.1 Å². The summed E-state index contributed by atoms with van der Waals surface area (Å²) in [6.45, 7) is 0.713. The molecule has 0 bridgehead atoms. The molecule has 0 radical (unpaired) electrons. The largest absolute Gasteiger partial charge is 0.368 e. The molecule has 0 fully saturated rings. The average Bonchev–Trinajstić information content (AvgIpc) is 2.54. The van der Waals surface area contributed by atoms with Crippen molar-refractivity contribution in [3.8, 4) is 6.07 Å². The van der Waals surface area contributed by atoms with E-state index in [9.17, 15) is 0 Å². The first-order valence-electron chi connectivity index (χ1n) is 6.68. The Labute approximate surface area is 123 Å². The van der Waals surface area contributed by atoms with Crippen LogP contribution in [0.2, 0.25) is 0 Å². The summed E-state index contributed by atoms with van der Waals surface area (Å²) < 4.78 is 0. The van der Waals surface area contributed by atoms with E-state index in [-0.39, 0.29) is 0 Å². The summed E-state index contributed by atoms with van der Waals surface area (Å²) in [7, 11) is 2.02. The second-order valence-electron chi connectivity index (χ2n) is 4.92. The Morgan fingerprint density at radius 1 is 1.14 bits per heavy atom. The topological polar surface area (TPSA) is 52.8 Å². The summed E-state index contributed by atoms with van der Waals surface area (Å²) in [6, 6.07) is 17.8. The number of anilines is 1. The molecule has 3 aromatic rings. The summed E-state index contributed by atoms with van der Waals surface area (Å²) in [5, 5.41) is 18.3. The van der Waals surface area contributed by atoms with E-state index in [0.29, 0.717) is 12.1 Å². The lowest BCUT2D eigenvalue weighted by Crippen LogP contribution is -2.17. The van der Waals surface area contributed by atoms with Gasteiger partial charge in [-0.3, -0.25) is 0 Å². The molecule has 0 saturated carbocycles. The lowest BCUT2D eigenvalue weighted by molar-refractivity contribution is 0.914. The number of benzene rings is 2. The highest BCUT2D eigenvalue weighted by Gasteiger charge is 2.08. The molecule has 0 aliphatic carbocycles. The van der Waals surface area contributed by atoms with Crippen LogP contribution >= 0.6 is 0 Å². The molecule has 1 aromatic heterocycles. The minimum absolute atomic E-state index is 0.679. The monoisotopic (exact) mass is 274 g/mol. The van der Waals surface area contributed by atoms with Crippen LogP contribution in [0.3, 0.4) is 0 Å². The minimum atomic E-state index is 0.679. The number of hydrogen-bond donors (Lipinski definition) is 0. The van der Waals surface area contributed by atoms with E-state index < -0.39 is 0 Å². The van der Waals surface area contributed by atoms with Crippen molar-refractivity contribution in [2.75, 3.05) is 11.9 Å². The molecular weight excluding hydrogens is 260 g/mol. The maximum Gasteiger partial charge on any atom is 0.0991 e. The van der Waals surface area contributed by atoms with Gasteiger partial charge in [0, 0.05) is 19.0 Å². The van der Waals surface area contributed by atoms with Crippen molar-refractivity contribution in [3.63, 3.8) is 0 Å². The molecule has 0 saturated heterocycles. The van der Waals surface area contributed by atoms with Gasteiger partial charge < -0.3 is 4.90 Å². The highest BCUT2D eigenvalue weighted by atomic mass is 15.1. The van der Waals surface area contributed by atoms with Crippen LogP contribution in [0.5, 0.6) is 0 Å². The van der Waals surface area contributed by atoms with Gasteiger partial charge in [-0.15, -0.1) is 0 Å². The third-order valence-corrected chi connectivity index (χ3v) is 3.41. The van der Waals surface area contributed by atoms with E-state index >= 15 is 0 Å². The molecule has 102 valence electrons. The van der Waals surface area contributed by atoms with Gasteiger partial charge >= 0.3 is 0 Å². The van der Waals surface area contributed by atoms with Crippen LogP contribution in [0, 0.1) is 11.3 Å².